The van der Waals surface area contributed by atoms with Crippen LogP contribution in [0.5, 0.6) is 0 Å². The highest BCUT2D eigenvalue weighted by Gasteiger charge is 2.35. The minimum Gasteiger partial charge on any atom is -0.231 e. The van der Waals surface area contributed by atoms with Gasteiger partial charge in [-0.1, -0.05) is 0 Å². The fourth-order valence-corrected chi connectivity index (χ4v) is 1.01. The fraction of sp³-hybridized carbons (Fsp3) is 0.500. The number of halogens is 3. The Morgan fingerprint density at radius 2 is 2.08 bits per heavy atom. The summed E-state index contributed by atoms with van der Waals surface area (Å²) in [7, 11) is 0. The van der Waals surface area contributed by atoms with E-state index in [1.54, 1.807) is 0 Å². The normalized spacial score (nSPS) is 17.5. The monoisotopic (exact) mass is 187 g/mol. The van der Waals surface area contributed by atoms with E-state index < -0.39 is 11.9 Å². The molecule has 0 spiro atoms. The van der Waals surface area contributed by atoms with Crippen molar-refractivity contribution in [2.75, 3.05) is 0 Å². The smallest absolute Gasteiger partial charge is 0.231 e. The van der Waals surface area contributed by atoms with Crippen LogP contribution >= 0.6 is 0 Å². The molecule has 2 rings (SSSR count). The van der Waals surface area contributed by atoms with Gasteiger partial charge in [0.25, 0.3) is 0 Å². The van der Waals surface area contributed by atoms with E-state index in [2.05, 4.69) is 16.2 Å². The summed E-state index contributed by atoms with van der Waals surface area (Å²) in [6.45, 7) is 0. The van der Waals surface area contributed by atoms with Crippen LogP contribution < -0.4 is 0 Å². The van der Waals surface area contributed by atoms with E-state index in [0.717, 1.165) is 18.9 Å². The third kappa shape index (κ3) is 1.79. The lowest BCUT2D eigenvalue weighted by atomic mass is 10.3. The van der Waals surface area contributed by atoms with E-state index in [1.807, 2.05) is 0 Å². The molecule has 0 bridgehead atoms. The van der Waals surface area contributed by atoms with Crippen molar-refractivity contribution in [3.05, 3.63) is 23.8 Å². The van der Waals surface area contributed by atoms with Crippen molar-refractivity contribution in [1.29, 1.82) is 0 Å². The molecule has 1 heterocycles. The van der Waals surface area contributed by atoms with Crippen LogP contribution in [0.1, 0.15) is 30.3 Å². The number of aromatic nitrogens is 2. The number of hydrogen-bond donors (Lipinski definition) is 0. The van der Waals surface area contributed by atoms with Gasteiger partial charge in [-0.25, -0.2) is 9.97 Å². The van der Waals surface area contributed by atoms with Gasteiger partial charge >= 0.3 is 6.18 Å². The second-order valence-electron chi connectivity index (χ2n) is 3.01. The number of hydrogen-bond acceptors (Lipinski definition) is 2. The minimum atomic E-state index is -4.39. The number of rotatable bonds is 1. The van der Waals surface area contributed by atoms with E-state index in [1.165, 1.54) is 0 Å². The van der Waals surface area contributed by atoms with Crippen molar-refractivity contribution < 1.29 is 13.2 Å². The lowest BCUT2D eigenvalue weighted by Gasteiger charge is -2.05. The molecule has 13 heavy (non-hydrogen) atoms. The van der Waals surface area contributed by atoms with Gasteiger partial charge in [-0.15, -0.1) is 0 Å². The van der Waals surface area contributed by atoms with Gasteiger partial charge in [0, 0.05) is 5.92 Å². The molecule has 0 unspecified atom stereocenters. The van der Waals surface area contributed by atoms with Crippen LogP contribution in [-0.2, 0) is 6.18 Å². The van der Waals surface area contributed by atoms with Crippen LogP contribution in [0.25, 0.3) is 0 Å². The summed E-state index contributed by atoms with van der Waals surface area (Å²) < 4.78 is 36.4. The predicted molar refractivity (Wildman–Crippen MR) is 37.8 cm³/mol. The molecular weight excluding hydrogens is 181 g/mol. The van der Waals surface area contributed by atoms with Crippen molar-refractivity contribution in [2.24, 2.45) is 0 Å². The molecule has 1 aromatic rings. The molecule has 2 nitrogen and oxygen atoms in total. The number of nitrogens with zero attached hydrogens (tertiary/aromatic N) is 2. The Balaban J connectivity index is 2.32. The summed E-state index contributed by atoms with van der Waals surface area (Å²) in [6, 6.07) is 0.770. The first-order chi connectivity index (χ1) is 6.07. The average molecular weight is 187 g/mol. The maximum Gasteiger partial charge on any atom is 0.433 e. The molecule has 1 saturated carbocycles. The molecule has 0 N–H and O–H groups in total. The van der Waals surface area contributed by atoms with Crippen molar-refractivity contribution in [1.82, 2.24) is 9.97 Å². The standard InChI is InChI=1S/C8H6F3N2/c9-8(10,11)6-3-4-12-7(13-6)5-1-2-5/h3,5H,1-2H2. The quantitative estimate of drug-likeness (QED) is 0.673. The van der Waals surface area contributed by atoms with Gasteiger partial charge in [-0.05, 0) is 18.9 Å². The first-order valence-corrected chi connectivity index (χ1v) is 3.89. The molecule has 1 aliphatic carbocycles. The van der Waals surface area contributed by atoms with Crippen LogP contribution in [-0.4, -0.2) is 9.97 Å². The molecule has 0 aliphatic heterocycles. The number of alkyl halides is 3. The molecule has 0 amide bonds. The van der Waals surface area contributed by atoms with Crippen LogP contribution in [0.4, 0.5) is 13.2 Å². The first kappa shape index (κ1) is 8.47. The SMILES string of the molecule is FC(F)(F)c1c[c]nc(C2CC2)n1. The molecule has 1 fully saturated rings. The Bertz CT molecular complexity index is 317. The Hall–Kier alpha value is -1.13. The van der Waals surface area contributed by atoms with Gasteiger partial charge in [0.2, 0.25) is 0 Å². The average Bonchev–Trinajstić information content (AvgIpc) is 2.85. The Kier molecular flexibility index (Phi) is 1.75. The molecule has 0 aromatic carbocycles. The largest absolute Gasteiger partial charge is 0.433 e. The van der Waals surface area contributed by atoms with Gasteiger partial charge in [0.1, 0.15) is 11.5 Å². The van der Waals surface area contributed by atoms with Crippen LogP contribution in [0.3, 0.4) is 0 Å². The second-order valence-corrected chi connectivity index (χ2v) is 3.01. The summed E-state index contributed by atoms with van der Waals surface area (Å²) in [5, 5.41) is 0. The molecule has 1 radical (unpaired) electrons. The van der Waals surface area contributed by atoms with Gasteiger partial charge in [0.15, 0.2) is 0 Å². The zero-order chi connectivity index (χ0) is 9.47. The summed E-state index contributed by atoms with van der Waals surface area (Å²) in [5.74, 6) is 0.397. The third-order valence-corrected chi connectivity index (χ3v) is 1.85. The van der Waals surface area contributed by atoms with Gasteiger partial charge < -0.3 is 0 Å². The highest BCUT2D eigenvalue weighted by Crippen LogP contribution is 2.38. The summed E-state index contributed by atoms with van der Waals surface area (Å²) in [5.41, 5.74) is -0.899. The fourth-order valence-electron chi connectivity index (χ4n) is 1.01. The molecule has 0 atom stereocenters. The predicted octanol–water partition coefficient (Wildman–Crippen LogP) is 2.17. The van der Waals surface area contributed by atoms with Gasteiger partial charge in [-0.2, -0.15) is 13.2 Å². The Labute approximate surface area is 72.8 Å². The van der Waals surface area contributed by atoms with Crippen molar-refractivity contribution >= 4 is 0 Å². The molecule has 5 heteroatoms. The van der Waals surface area contributed by atoms with Gasteiger partial charge in [0.05, 0.1) is 6.20 Å². The van der Waals surface area contributed by atoms with Gasteiger partial charge in [-0.3, -0.25) is 0 Å². The van der Waals surface area contributed by atoms with Crippen LogP contribution in [0.2, 0.25) is 0 Å². The Morgan fingerprint density at radius 1 is 1.38 bits per heavy atom. The van der Waals surface area contributed by atoms with Crippen LogP contribution in [0.15, 0.2) is 6.07 Å². The molecule has 69 valence electrons. The molecule has 0 saturated heterocycles. The third-order valence-electron chi connectivity index (χ3n) is 1.85. The summed E-state index contributed by atoms with van der Waals surface area (Å²) >= 11 is 0. The zero-order valence-corrected chi connectivity index (χ0v) is 6.60. The highest BCUT2D eigenvalue weighted by atomic mass is 19.4. The van der Waals surface area contributed by atoms with Crippen LogP contribution in [0, 0.1) is 6.20 Å². The Morgan fingerprint density at radius 3 is 2.62 bits per heavy atom. The molecule has 1 aliphatic rings. The van der Waals surface area contributed by atoms with E-state index in [9.17, 15) is 13.2 Å². The zero-order valence-electron chi connectivity index (χ0n) is 6.60. The molecule has 1 aromatic heterocycles. The molecular formula is C8H6F3N2. The van der Waals surface area contributed by atoms with E-state index in [4.69, 9.17) is 0 Å². The summed E-state index contributed by atoms with van der Waals surface area (Å²) in [6.07, 6.45) is -0.393. The maximum absolute atomic E-state index is 12.1. The highest BCUT2D eigenvalue weighted by molar-refractivity contribution is 5.11. The van der Waals surface area contributed by atoms with E-state index in [0.29, 0.717) is 0 Å². The van der Waals surface area contributed by atoms with Crippen molar-refractivity contribution in [2.45, 2.75) is 24.9 Å². The lowest BCUT2D eigenvalue weighted by Crippen LogP contribution is -2.10. The second kappa shape index (κ2) is 2.68. The topological polar surface area (TPSA) is 25.8 Å². The van der Waals surface area contributed by atoms with Crippen molar-refractivity contribution in [3.63, 3.8) is 0 Å². The lowest BCUT2D eigenvalue weighted by molar-refractivity contribution is -0.141. The van der Waals surface area contributed by atoms with E-state index >= 15 is 0 Å². The first-order valence-electron chi connectivity index (χ1n) is 3.89. The minimum absolute atomic E-state index is 0.124. The van der Waals surface area contributed by atoms with E-state index in [-0.39, 0.29) is 11.7 Å². The maximum atomic E-state index is 12.1. The summed E-state index contributed by atoms with van der Waals surface area (Å²) in [4.78, 5) is 7.12. The van der Waals surface area contributed by atoms with Crippen molar-refractivity contribution in [3.8, 4) is 0 Å².